The molecule has 3 aromatic rings. The van der Waals surface area contributed by atoms with Gasteiger partial charge in [0.25, 0.3) is 0 Å². The Morgan fingerprint density at radius 2 is 1.70 bits per heavy atom. The van der Waals surface area contributed by atoms with Crippen molar-refractivity contribution in [2.24, 2.45) is 0 Å². The lowest BCUT2D eigenvalue weighted by atomic mass is 10.2. The molecule has 2 N–H and O–H groups in total. The second-order valence-electron chi connectivity index (χ2n) is 6.81. The molecule has 27 heavy (non-hydrogen) atoms. The van der Waals surface area contributed by atoms with Crippen molar-refractivity contribution >= 4 is 17.5 Å². The maximum atomic E-state index is 5.83. The minimum absolute atomic E-state index is 0.501. The third-order valence-corrected chi connectivity index (χ3v) is 4.72. The summed E-state index contributed by atoms with van der Waals surface area (Å²) in [7, 11) is 0. The first-order valence-electron chi connectivity index (χ1n) is 9.48. The molecule has 0 amide bonds. The molecule has 0 saturated heterocycles. The molecule has 0 aliphatic heterocycles. The number of anilines is 3. The minimum Gasteiger partial charge on any atom is -0.489 e. The fraction of sp³-hybridized carbons (Fsp3) is 0.273. The maximum Gasteiger partial charge on any atom is 0.224 e. The monoisotopic (exact) mass is 360 g/mol. The lowest BCUT2D eigenvalue weighted by molar-refractivity contribution is 0.306. The Labute approximate surface area is 159 Å². The molecule has 1 aliphatic rings. The smallest absolute Gasteiger partial charge is 0.224 e. The summed E-state index contributed by atoms with van der Waals surface area (Å²) in [5.74, 6) is 2.31. The van der Waals surface area contributed by atoms with E-state index in [1.54, 1.807) is 6.20 Å². The molecule has 1 fully saturated rings. The average Bonchev–Trinajstić information content (AvgIpc) is 3.22. The van der Waals surface area contributed by atoms with Crippen LogP contribution in [-0.4, -0.2) is 16.0 Å². The van der Waals surface area contributed by atoms with Crippen molar-refractivity contribution in [1.82, 2.24) is 9.97 Å². The van der Waals surface area contributed by atoms with Crippen molar-refractivity contribution in [1.29, 1.82) is 0 Å². The highest BCUT2D eigenvalue weighted by atomic mass is 16.5. The summed E-state index contributed by atoms with van der Waals surface area (Å²) in [6, 6.07) is 20.4. The number of ether oxygens (including phenoxy) is 1. The van der Waals surface area contributed by atoms with Crippen LogP contribution in [-0.2, 0) is 6.61 Å². The van der Waals surface area contributed by atoms with Gasteiger partial charge in [-0.2, -0.15) is 4.98 Å². The van der Waals surface area contributed by atoms with Crippen molar-refractivity contribution < 1.29 is 4.74 Å². The Hall–Kier alpha value is -3.08. The van der Waals surface area contributed by atoms with E-state index in [1.165, 1.54) is 25.7 Å². The summed E-state index contributed by atoms with van der Waals surface area (Å²) in [5.41, 5.74) is 2.12. The molecule has 1 aromatic heterocycles. The van der Waals surface area contributed by atoms with Crippen LogP contribution in [0.2, 0.25) is 0 Å². The van der Waals surface area contributed by atoms with Crippen LogP contribution in [0.1, 0.15) is 31.2 Å². The van der Waals surface area contributed by atoms with E-state index in [4.69, 9.17) is 4.74 Å². The molecule has 5 heteroatoms. The molecule has 0 bridgehead atoms. The highest BCUT2D eigenvalue weighted by Gasteiger charge is 2.15. The third-order valence-electron chi connectivity index (χ3n) is 4.72. The molecular weight excluding hydrogens is 336 g/mol. The van der Waals surface area contributed by atoms with Gasteiger partial charge in [0.15, 0.2) is 0 Å². The Morgan fingerprint density at radius 3 is 2.48 bits per heavy atom. The first kappa shape index (κ1) is 17.3. The predicted octanol–water partition coefficient (Wildman–Crippen LogP) is 5.15. The zero-order valence-electron chi connectivity index (χ0n) is 15.3. The van der Waals surface area contributed by atoms with Gasteiger partial charge < -0.3 is 15.4 Å². The van der Waals surface area contributed by atoms with Crippen molar-refractivity contribution in [2.75, 3.05) is 10.6 Å². The van der Waals surface area contributed by atoms with E-state index in [0.717, 1.165) is 22.8 Å². The van der Waals surface area contributed by atoms with E-state index in [9.17, 15) is 0 Å². The quantitative estimate of drug-likeness (QED) is 0.610. The Kier molecular flexibility index (Phi) is 5.48. The largest absolute Gasteiger partial charge is 0.489 e. The van der Waals surface area contributed by atoms with E-state index in [-0.39, 0.29) is 0 Å². The summed E-state index contributed by atoms with van der Waals surface area (Å²) in [6.45, 7) is 0.565. The molecule has 1 saturated carbocycles. The van der Waals surface area contributed by atoms with E-state index in [0.29, 0.717) is 18.6 Å². The van der Waals surface area contributed by atoms with Gasteiger partial charge in [-0.3, -0.25) is 0 Å². The first-order chi connectivity index (χ1) is 13.3. The highest BCUT2D eigenvalue weighted by Crippen LogP contribution is 2.23. The van der Waals surface area contributed by atoms with Crippen LogP contribution < -0.4 is 15.4 Å². The molecule has 0 radical (unpaired) electrons. The van der Waals surface area contributed by atoms with Gasteiger partial charge in [0.1, 0.15) is 18.2 Å². The number of nitrogens with one attached hydrogen (secondary N) is 2. The van der Waals surface area contributed by atoms with Crippen LogP contribution >= 0.6 is 0 Å². The zero-order valence-corrected chi connectivity index (χ0v) is 15.3. The average molecular weight is 360 g/mol. The fourth-order valence-corrected chi connectivity index (χ4v) is 3.27. The van der Waals surface area contributed by atoms with E-state index in [1.807, 2.05) is 48.5 Å². The lowest BCUT2D eigenvalue weighted by Gasteiger charge is -2.13. The van der Waals surface area contributed by atoms with Gasteiger partial charge in [-0.25, -0.2) is 4.98 Å². The van der Waals surface area contributed by atoms with Crippen molar-refractivity contribution in [3.8, 4) is 5.75 Å². The number of nitrogens with zero attached hydrogens (tertiary/aromatic N) is 2. The summed E-state index contributed by atoms with van der Waals surface area (Å²) in [5, 5.41) is 6.75. The topological polar surface area (TPSA) is 59.1 Å². The fourth-order valence-electron chi connectivity index (χ4n) is 3.27. The summed E-state index contributed by atoms with van der Waals surface area (Å²) in [6.07, 6.45) is 6.75. The van der Waals surface area contributed by atoms with Gasteiger partial charge in [0, 0.05) is 17.9 Å². The van der Waals surface area contributed by atoms with Gasteiger partial charge >= 0.3 is 0 Å². The number of hydrogen-bond acceptors (Lipinski definition) is 5. The van der Waals surface area contributed by atoms with Gasteiger partial charge in [-0.05, 0) is 48.7 Å². The molecule has 138 valence electrons. The summed E-state index contributed by atoms with van der Waals surface area (Å²) in [4.78, 5) is 8.89. The molecular formula is C22H24N4O. The number of hydrogen-bond donors (Lipinski definition) is 2. The molecule has 0 unspecified atom stereocenters. The number of benzene rings is 2. The minimum atomic E-state index is 0.501. The summed E-state index contributed by atoms with van der Waals surface area (Å²) >= 11 is 0. The normalized spacial score (nSPS) is 14.1. The molecule has 5 nitrogen and oxygen atoms in total. The number of rotatable bonds is 7. The summed E-state index contributed by atoms with van der Waals surface area (Å²) < 4.78 is 5.83. The second-order valence-corrected chi connectivity index (χ2v) is 6.81. The molecule has 2 aromatic carbocycles. The van der Waals surface area contributed by atoms with Gasteiger partial charge in [0.2, 0.25) is 5.95 Å². The second kappa shape index (κ2) is 8.54. The van der Waals surface area contributed by atoms with E-state index < -0.39 is 0 Å². The van der Waals surface area contributed by atoms with Gasteiger partial charge in [-0.15, -0.1) is 0 Å². The van der Waals surface area contributed by atoms with Crippen LogP contribution in [0.5, 0.6) is 5.75 Å². The van der Waals surface area contributed by atoms with Crippen LogP contribution in [0.4, 0.5) is 17.5 Å². The third kappa shape index (κ3) is 4.97. The van der Waals surface area contributed by atoms with Crippen LogP contribution in [0.25, 0.3) is 0 Å². The van der Waals surface area contributed by atoms with Crippen LogP contribution in [0, 0.1) is 0 Å². The van der Waals surface area contributed by atoms with Crippen molar-refractivity contribution in [2.45, 2.75) is 38.3 Å². The highest BCUT2D eigenvalue weighted by molar-refractivity contribution is 5.57. The SMILES string of the molecule is c1ccc(COc2ccc(Nc3ccnc(NC4CCCC4)n3)cc2)cc1. The molecule has 4 rings (SSSR count). The molecule has 0 atom stereocenters. The maximum absolute atomic E-state index is 5.83. The van der Waals surface area contributed by atoms with Gasteiger partial charge in [0.05, 0.1) is 0 Å². The van der Waals surface area contributed by atoms with Crippen molar-refractivity contribution in [3.63, 3.8) is 0 Å². The standard InChI is InChI=1S/C22H24N4O/c1-2-6-17(7-3-1)16-27-20-12-10-19(11-13-20)24-21-14-15-23-22(26-21)25-18-8-4-5-9-18/h1-3,6-7,10-15,18H,4-5,8-9,16H2,(H2,23,24,25,26). The molecule has 1 aliphatic carbocycles. The van der Waals surface area contributed by atoms with Crippen LogP contribution in [0.3, 0.4) is 0 Å². The zero-order chi connectivity index (χ0) is 18.3. The first-order valence-corrected chi connectivity index (χ1v) is 9.48. The van der Waals surface area contributed by atoms with Crippen molar-refractivity contribution in [3.05, 3.63) is 72.4 Å². The van der Waals surface area contributed by atoms with Gasteiger partial charge in [-0.1, -0.05) is 43.2 Å². The molecule has 1 heterocycles. The molecule has 0 spiro atoms. The Balaban J connectivity index is 1.34. The Morgan fingerprint density at radius 1 is 0.926 bits per heavy atom. The lowest BCUT2D eigenvalue weighted by Crippen LogP contribution is -2.16. The van der Waals surface area contributed by atoms with E-state index in [2.05, 4.69) is 32.7 Å². The van der Waals surface area contributed by atoms with E-state index >= 15 is 0 Å². The van der Waals surface area contributed by atoms with Crippen LogP contribution in [0.15, 0.2) is 66.9 Å². The predicted molar refractivity (Wildman–Crippen MR) is 108 cm³/mol. The Bertz CT molecular complexity index is 846. The number of aromatic nitrogens is 2.